The minimum Gasteiger partial charge on any atom is -0.495 e. The van der Waals surface area contributed by atoms with Crippen molar-refractivity contribution in [3.05, 3.63) is 41.4 Å². The highest BCUT2D eigenvalue weighted by atomic mass is 35.5. The molecule has 2 amide bonds. The Morgan fingerprint density at radius 3 is 2.54 bits per heavy atom. The van der Waals surface area contributed by atoms with E-state index in [1.807, 2.05) is 0 Å². The van der Waals surface area contributed by atoms with Crippen LogP contribution in [0.2, 0.25) is 5.02 Å². The molecule has 28 heavy (non-hydrogen) atoms. The Kier molecular flexibility index (Phi) is 8.94. The largest absolute Gasteiger partial charge is 0.495 e. The lowest BCUT2D eigenvalue weighted by Gasteiger charge is -2.26. The van der Waals surface area contributed by atoms with Gasteiger partial charge in [-0.05, 0) is 30.7 Å². The minimum atomic E-state index is -1.30. The van der Waals surface area contributed by atoms with E-state index in [1.165, 1.54) is 21.1 Å². The van der Waals surface area contributed by atoms with E-state index in [9.17, 15) is 19.5 Å². The van der Waals surface area contributed by atoms with E-state index in [-0.39, 0.29) is 13.0 Å². The SMILES string of the molecule is C=CC(=O)N[C@H](Cc1ccc(OC)c(Cl)c1)C(=O)NCC(C)(CO)C(=O)OC. The molecule has 0 radical (unpaired) electrons. The van der Waals surface area contributed by atoms with Crippen LogP contribution in [0.3, 0.4) is 0 Å². The lowest BCUT2D eigenvalue weighted by atomic mass is 9.91. The fourth-order valence-electron chi connectivity index (χ4n) is 2.36. The maximum atomic E-state index is 12.6. The number of amides is 2. The molecule has 0 fully saturated rings. The molecule has 0 aromatic heterocycles. The first-order valence-electron chi connectivity index (χ1n) is 8.43. The van der Waals surface area contributed by atoms with Crippen molar-refractivity contribution in [2.75, 3.05) is 27.4 Å². The van der Waals surface area contributed by atoms with Gasteiger partial charge in [0.1, 0.15) is 17.2 Å². The van der Waals surface area contributed by atoms with Crippen LogP contribution in [0.1, 0.15) is 12.5 Å². The molecule has 1 aromatic carbocycles. The molecular formula is C19H25ClN2O6. The molecule has 0 spiro atoms. The summed E-state index contributed by atoms with van der Waals surface area (Å²) in [6.45, 7) is 4.15. The minimum absolute atomic E-state index is 0.142. The third-order valence-electron chi connectivity index (χ3n) is 4.15. The molecule has 0 saturated heterocycles. The van der Waals surface area contributed by atoms with E-state index < -0.39 is 35.8 Å². The van der Waals surface area contributed by atoms with E-state index in [1.54, 1.807) is 18.2 Å². The maximum absolute atomic E-state index is 12.6. The Morgan fingerprint density at radius 1 is 1.36 bits per heavy atom. The lowest BCUT2D eigenvalue weighted by molar-refractivity contribution is -0.154. The van der Waals surface area contributed by atoms with Gasteiger partial charge in [0.05, 0.1) is 25.8 Å². The maximum Gasteiger partial charge on any atom is 0.315 e. The molecule has 9 heteroatoms. The van der Waals surface area contributed by atoms with Gasteiger partial charge in [-0.2, -0.15) is 0 Å². The summed E-state index contributed by atoms with van der Waals surface area (Å²) in [6.07, 6.45) is 1.19. The summed E-state index contributed by atoms with van der Waals surface area (Å²) in [5.41, 5.74) is -0.617. The zero-order valence-corrected chi connectivity index (χ0v) is 16.8. The van der Waals surface area contributed by atoms with Crippen molar-refractivity contribution >= 4 is 29.4 Å². The highest BCUT2D eigenvalue weighted by molar-refractivity contribution is 6.32. The third kappa shape index (κ3) is 6.24. The summed E-state index contributed by atoms with van der Waals surface area (Å²) in [5.74, 6) is -1.24. The number of methoxy groups -OCH3 is 2. The number of hydrogen-bond acceptors (Lipinski definition) is 6. The fraction of sp³-hybridized carbons (Fsp3) is 0.421. The van der Waals surface area contributed by atoms with Crippen molar-refractivity contribution in [3.63, 3.8) is 0 Å². The lowest BCUT2D eigenvalue weighted by Crippen LogP contribution is -2.51. The summed E-state index contributed by atoms with van der Waals surface area (Å²) in [6, 6.07) is 4.06. The Bertz CT molecular complexity index is 739. The number of carbonyl (C=O) groups is 3. The third-order valence-corrected chi connectivity index (χ3v) is 4.45. The summed E-state index contributed by atoms with van der Waals surface area (Å²) >= 11 is 6.11. The van der Waals surface area contributed by atoms with Crippen LogP contribution < -0.4 is 15.4 Å². The Morgan fingerprint density at radius 2 is 2.04 bits per heavy atom. The smallest absolute Gasteiger partial charge is 0.315 e. The summed E-state index contributed by atoms with van der Waals surface area (Å²) in [5, 5.41) is 15.0. The Hall–Kier alpha value is -2.58. The van der Waals surface area contributed by atoms with Crippen LogP contribution in [-0.2, 0) is 25.5 Å². The van der Waals surface area contributed by atoms with Crippen LogP contribution in [0.15, 0.2) is 30.9 Å². The van der Waals surface area contributed by atoms with Crippen LogP contribution in [0.25, 0.3) is 0 Å². The number of esters is 1. The molecule has 8 nitrogen and oxygen atoms in total. The topological polar surface area (TPSA) is 114 Å². The van der Waals surface area contributed by atoms with Gasteiger partial charge in [-0.1, -0.05) is 24.2 Å². The number of carbonyl (C=O) groups excluding carboxylic acids is 3. The summed E-state index contributed by atoms with van der Waals surface area (Å²) < 4.78 is 9.75. The first-order valence-corrected chi connectivity index (χ1v) is 8.81. The number of nitrogens with one attached hydrogen (secondary N) is 2. The zero-order chi connectivity index (χ0) is 21.3. The number of rotatable bonds is 10. The molecule has 2 atom stereocenters. The molecule has 1 rings (SSSR count). The van der Waals surface area contributed by atoms with Gasteiger partial charge in [0.2, 0.25) is 11.8 Å². The predicted molar refractivity (Wildman–Crippen MR) is 104 cm³/mol. The molecule has 154 valence electrons. The molecule has 3 N–H and O–H groups in total. The second-order valence-corrected chi connectivity index (χ2v) is 6.77. The van der Waals surface area contributed by atoms with E-state index in [0.717, 1.165) is 6.08 Å². The van der Waals surface area contributed by atoms with Crippen molar-refractivity contribution < 1.29 is 29.0 Å². The second kappa shape index (κ2) is 10.7. The quantitative estimate of drug-likeness (QED) is 0.388. The van der Waals surface area contributed by atoms with Gasteiger partial charge >= 0.3 is 5.97 Å². The van der Waals surface area contributed by atoms with Crippen molar-refractivity contribution in [2.45, 2.75) is 19.4 Å². The van der Waals surface area contributed by atoms with Gasteiger partial charge < -0.3 is 25.2 Å². The Labute approximate surface area is 168 Å². The number of benzene rings is 1. The number of aliphatic hydroxyl groups is 1. The monoisotopic (exact) mass is 412 g/mol. The van der Waals surface area contributed by atoms with Crippen LogP contribution in [0.5, 0.6) is 5.75 Å². The first-order chi connectivity index (χ1) is 13.2. The molecule has 0 heterocycles. The van der Waals surface area contributed by atoms with Gasteiger partial charge in [0.25, 0.3) is 0 Å². The first kappa shape index (κ1) is 23.5. The van der Waals surface area contributed by atoms with Crippen LogP contribution in [0, 0.1) is 5.41 Å². The van der Waals surface area contributed by atoms with Crippen LogP contribution in [-0.4, -0.2) is 56.3 Å². The standard InChI is InChI=1S/C19H25ClN2O6/c1-5-16(24)22-14(9-12-6-7-15(27-3)13(20)8-12)17(25)21-10-19(2,11-23)18(26)28-4/h5-8,14,23H,1,9-11H2,2-4H3,(H,21,25)(H,22,24)/t14-,19?/m1/s1. The van der Waals surface area contributed by atoms with Gasteiger partial charge in [-0.25, -0.2) is 0 Å². The number of halogens is 1. The van der Waals surface area contributed by atoms with Gasteiger partial charge in [-0.15, -0.1) is 0 Å². The van der Waals surface area contributed by atoms with E-state index >= 15 is 0 Å². The van der Waals surface area contributed by atoms with Crippen LogP contribution in [0.4, 0.5) is 0 Å². The van der Waals surface area contributed by atoms with E-state index in [0.29, 0.717) is 16.3 Å². The average Bonchev–Trinajstić information content (AvgIpc) is 2.70. The molecule has 1 unspecified atom stereocenters. The molecule has 0 aliphatic rings. The van der Waals surface area contributed by atoms with Crippen molar-refractivity contribution in [2.24, 2.45) is 5.41 Å². The second-order valence-electron chi connectivity index (χ2n) is 6.37. The van der Waals surface area contributed by atoms with E-state index in [4.69, 9.17) is 16.3 Å². The van der Waals surface area contributed by atoms with Gasteiger partial charge in [0.15, 0.2) is 0 Å². The fourth-order valence-corrected chi connectivity index (χ4v) is 2.64. The summed E-state index contributed by atoms with van der Waals surface area (Å²) in [4.78, 5) is 36.2. The van der Waals surface area contributed by atoms with E-state index in [2.05, 4.69) is 21.9 Å². The predicted octanol–water partition coefficient (Wildman–Crippen LogP) is 0.850. The highest BCUT2D eigenvalue weighted by Gasteiger charge is 2.35. The number of aliphatic hydroxyl groups excluding tert-OH is 1. The molecule has 0 bridgehead atoms. The van der Waals surface area contributed by atoms with Crippen molar-refractivity contribution in [3.8, 4) is 5.75 Å². The Balaban J connectivity index is 2.95. The van der Waals surface area contributed by atoms with Gasteiger partial charge in [-0.3, -0.25) is 14.4 Å². The molecule has 0 aliphatic heterocycles. The molecular weight excluding hydrogens is 388 g/mol. The number of ether oxygens (including phenoxy) is 2. The number of hydrogen-bond donors (Lipinski definition) is 3. The van der Waals surface area contributed by atoms with Crippen molar-refractivity contribution in [1.82, 2.24) is 10.6 Å². The molecule has 0 saturated carbocycles. The molecule has 0 aliphatic carbocycles. The average molecular weight is 413 g/mol. The summed E-state index contributed by atoms with van der Waals surface area (Å²) in [7, 11) is 2.68. The van der Waals surface area contributed by atoms with Crippen LogP contribution >= 0.6 is 11.6 Å². The normalized spacial score (nSPS) is 13.6. The highest BCUT2D eigenvalue weighted by Crippen LogP contribution is 2.25. The van der Waals surface area contributed by atoms with Crippen molar-refractivity contribution in [1.29, 1.82) is 0 Å². The van der Waals surface area contributed by atoms with Gasteiger partial charge in [0, 0.05) is 13.0 Å². The zero-order valence-electron chi connectivity index (χ0n) is 16.1. The molecule has 1 aromatic rings.